The van der Waals surface area contributed by atoms with Crippen LogP contribution in [0.3, 0.4) is 0 Å². The number of ether oxygens (including phenoxy) is 1. The maximum atomic E-state index is 13.5. The number of hydrogen-bond acceptors (Lipinski definition) is 3. The highest BCUT2D eigenvalue weighted by Gasteiger charge is 2.21. The maximum Gasteiger partial charge on any atom is 0.258 e. The van der Waals surface area contributed by atoms with E-state index in [1.54, 1.807) is 36.1 Å². The standard InChI is InChI=1S/C20H21FN2O3/c1-14-4-5-15(11-18(14)21)12-22-19(24)13-26-17-8-6-16(7-9-17)23-10-2-3-20(23)25/h4-9,11H,2-3,10,12-13H2,1H3,(H,22,24). The van der Waals surface area contributed by atoms with Gasteiger partial charge in [-0.3, -0.25) is 9.59 Å². The van der Waals surface area contributed by atoms with Gasteiger partial charge in [0.2, 0.25) is 5.91 Å². The predicted molar refractivity (Wildman–Crippen MR) is 96.5 cm³/mol. The number of carbonyl (C=O) groups is 2. The summed E-state index contributed by atoms with van der Waals surface area (Å²) in [5.41, 5.74) is 2.11. The molecule has 1 saturated heterocycles. The van der Waals surface area contributed by atoms with Gasteiger partial charge in [-0.1, -0.05) is 12.1 Å². The Hall–Kier alpha value is -2.89. The number of benzene rings is 2. The van der Waals surface area contributed by atoms with Crippen LogP contribution in [0.4, 0.5) is 10.1 Å². The summed E-state index contributed by atoms with van der Waals surface area (Å²) in [5.74, 6) is 0.108. The zero-order valence-electron chi connectivity index (χ0n) is 14.6. The molecule has 1 N–H and O–H groups in total. The molecule has 1 heterocycles. The zero-order chi connectivity index (χ0) is 18.5. The van der Waals surface area contributed by atoms with Crippen molar-refractivity contribution in [2.75, 3.05) is 18.1 Å². The Morgan fingerprint density at radius 2 is 2.00 bits per heavy atom. The number of halogens is 1. The van der Waals surface area contributed by atoms with E-state index < -0.39 is 0 Å². The zero-order valence-corrected chi connectivity index (χ0v) is 14.6. The van der Waals surface area contributed by atoms with E-state index in [0.717, 1.165) is 18.7 Å². The van der Waals surface area contributed by atoms with Crippen molar-refractivity contribution in [2.45, 2.75) is 26.3 Å². The first-order valence-electron chi connectivity index (χ1n) is 8.58. The average Bonchev–Trinajstić information content (AvgIpc) is 3.07. The quantitative estimate of drug-likeness (QED) is 0.866. The number of anilines is 1. The molecule has 1 fully saturated rings. The second kappa shape index (κ2) is 7.99. The van der Waals surface area contributed by atoms with Gasteiger partial charge in [-0.2, -0.15) is 0 Å². The van der Waals surface area contributed by atoms with E-state index in [2.05, 4.69) is 5.32 Å². The van der Waals surface area contributed by atoms with Crippen molar-refractivity contribution in [1.29, 1.82) is 0 Å². The molecule has 2 amide bonds. The molecule has 5 nitrogen and oxygen atoms in total. The van der Waals surface area contributed by atoms with E-state index in [9.17, 15) is 14.0 Å². The number of carbonyl (C=O) groups excluding carboxylic acids is 2. The first kappa shape index (κ1) is 17.9. The molecule has 6 heteroatoms. The molecule has 0 atom stereocenters. The largest absolute Gasteiger partial charge is 0.484 e. The van der Waals surface area contributed by atoms with Gasteiger partial charge in [0.15, 0.2) is 6.61 Å². The topological polar surface area (TPSA) is 58.6 Å². The van der Waals surface area contributed by atoms with Crippen LogP contribution in [-0.2, 0) is 16.1 Å². The van der Waals surface area contributed by atoms with Gasteiger partial charge in [0.25, 0.3) is 5.91 Å². The molecular weight excluding hydrogens is 335 g/mol. The van der Waals surface area contributed by atoms with Gasteiger partial charge in [-0.15, -0.1) is 0 Å². The molecule has 0 aromatic heterocycles. The van der Waals surface area contributed by atoms with Crippen molar-refractivity contribution in [3.05, 3.63) is 59.4 Å². The Morgan fingerprint density at radius 3 is 2.65 bits per heavy atom. The van der Waals surface area contributed by atoms with Gasteiger partial charge >= 0.3 is 0 Å². The summed E-state index contributed by atoms with van der Waals surface area (Å²) in [4.78, 5) is 25.3. The Labute approximate surface area is 151 Å². The molecular formula is C20H21FN2O3. The monoisotopic (exact) mass is 356 g/mol. The summed E-state index contributed by atoms with van der Waals surface area (Å²) in [6.07, 6.45) is 1.46. The van der Waals surface area contributed by atoms with Gasteiger partial charge in [-0.05, 0) is 54.8 Å². The maximum absolute atomic E-state index is 13.5. The van der Waals surface area contributed by atoms with E-state index in [-0.39, 0.29) is 30.8 Å². The molecule has 2 aromatic carbocycles. The van der Waals surface area contributed by atoms with Crippen LogP contribution in [0.1, 0.15) is 24.0 Å². The van der Waals surface area contributed by atoms with E-state index in [4.69, 9.17) is 4.74 Å². The molecule has 0 unspecified atom stereocenters. The van der Waals surface area contributed by atoms with Crippen LogP contribution in [0, 0.1) is 12.7 Å². The van der Waals surface area contributed by atoms with Gasteiger partial charge in [0.1, 0.15) is 11.6 Å². The highest BCUT2D eigenvalue weighted by molar-refractivity contribution is 5.95. The van der Waals surface area contributed by atoms with Crippen LogP contribution in [0.15, 0.2) is 42.5 Å². The van der Waals surface area contributed by atoms with Crippen molar-refractivity contribution < 1.29 is 18.7 Å². The van der Waals surface area contributed by atoms with Crippen molar-refractivity contribution >= 4 is 17.5 Å². The van der Waals surface area contributed by atoms with E-state index in [0.29, 0.717) is 23.3 Å². The fourth-order valence-corrected chi connectivity index (χ4v) is 2.79. The number of aryl methyl sites for hydroxylation is 1. The number of nitrogens with one attached hydrogen (secondary N) is 1. The molecule has 136 valence electrons. The lowest BCUT2D eigenvalue weighted by Crippen LogP contribution is -2.28. The van der Waals surface area contributed by atoms with Gasteiger partial charge in [0.05, 0.1) is 0 Å². The fourth-order valence-electron chi connectivity index (χ4n) is 2.79. The lowest BCUT2D eigenvalue weighted by molar-refractivity contribution is -0.123. The highest BCUT2D eigenvalue weighted by atomic mass is 19.1. The molecule has 26 heavy (non-hydrogen) atoms. The first-order valence-corrected chi connectivity index (χ1v) is 8.58. The average molecular weight is 356 g/mol. The van der Waals surface area contributed by atoms with Crippen LogP contribution >= 0.6 is 0 Å². The van der Waals surface area contributed by atoms with Crippen molar-refractivity contribution in [1.82, 2.24) is 5.32 Å². The van der Waals surface area contributed by atoms with E-state index >= 15 is 0 Å². The predicted octanol–water partition coefficient (Wildman–Crippen LogP) is 2.96. The second-order valence-corrected chi connectivity index (χ2v) is 6.29. The molecule has 3 rings (SSSR count). The Bertz CT molecular complexity index is 805. The summed E-state index contributed by atoms with van der Waals surface area (Å²) in [6.45, 7) is 2.54. The van der Waals surface area contributed by atoms with Crippen molar-refractivity contribution in [2.24, 2.45) is 0 Å². The molecule has 0 radical (unpaired) electrons. The van der Waals surface area contributed by atoms with Crippen LogP contribution in [0.5, 0.6) is 5.75 Å². The Balaban J connectivity index is 1.46. The molecule has 1 aliphatic rings. The molecule has 2 aromatic rings. The lowest BCUT2D eigenvalue weighted by Gasteiger charge is -2.16. The summed E-state index contributed by atoms with van der Waals surface area (Å²) in [7, 11) is 0. The molecule has 0 saturated carbocycles. The Morgan fingerprint density at radius 1 is 1.23 bits per heavy atom. The second-order valence-electron chi connectivity index (χ2n) is 6.29. The van der Waals surface area contributed by atoms with Crippen molar-refractivity contribution in [3.63, 3.8) is 0 Å². The molecule has 0 aliphatic carbocycles. The molecule has 0 bridgehead atoms. The van der Waals surface area contributed by atoms with Gasteiger partial charge < -0.3 is 15.0 Å². The minimum atomic E-state index is -0.287. The number of hydrogen-bond donors (Lipinski definition) is 1. The van der Waals surface area contributed by atoms with Gasteiger partial charge in [-0.25, -0.2) is 4.39 Å². The van der Waals surface area contributed by atoms with Crippen LogP contribution in [0.25, 0.3) is 0 Å². The molecule has 0 spiro atoms. The number of amides is 2. The van der Waals surface area contributed by atoms with Gasteiger partial charge in [0, 0.05) is 25.2 Å². The number of nitrogens with zero attached hydrogens (tertiary/aromatic N) is 1. The number of rotatable bonds is 6. The van der Waals surface area contributed by atoms with E-state index in [1.165, 1.54) is 6.07 Å². The summed E-state index contributed by atoms with van der Waals surface area (Å²) >= 11 is 0. The minimum absolute atomic E-state index is 0.129. The highest BCUT2D eigenvalue weighted by Crippen LogP contribution is 2.23. The van der Waals surface area contributed by atoms with E-state index in [1.807, 2.05) is 12.1 Å². The SMILES string of the molecule is Cc1ccc(CNC(=O)COc2ccc(N3CCCC3=O)cc2)cc1F. The fraction of sp³-hybridized carbons (Fsp3) is 0.300. The summed E-state index contributed by atoms with van der Waals surface area (Å²) < 4.78 is 18.9. The smallest absolute Gasteiger partial charge is 0.258 e. The normalized spacial score (nSPS) is 13.8. The van der Waals surface area contributed by atoms with Crippen LogP contribution in [0.2, 0.25) is 0 Å². The lowest BCUT2D eigenvalue weighted by atomic mass is 10.1. The minimum Gasteiger partial charge on any atom is -0.484 e. The Kier molecular flexibility index (Phi) is 5.51. The van der Waals surface area contributed by atoms with Crippen molar-refractivity contribution in [3.8, 4) is 5.75 Å². The third kappa shape index (κ3) is 4.39. The third-order valence-electron chi connectivity index (χ3n) is 4.32. The first-order chi connectivity index (χ1) is 12.5. The van der Waals surface area contributed by atoms with Crippen LogP contribution < -0.4 is 15.0 Å². The molecule has 1 aliphatic heterocycles. The summed E-state index contributed by atoms with van der Waals surface area (Å²) in [5, 5.41) is 2.69. The van der Waals surface area contributed by atoms with Crippen LogP contribution in [-0.4, -0.2) is 25.0 Å². The summed E-state index contributed by atoms with van der Waals surface area (Å²) in [6, 6.07) is 12.0. The third-order valence-corrected chi connectivity index (χ3v) is 4.32.